The molecule has 7 heteroatoms. The van der Waals surface area contributed by atoms with E-state index in [0.717, 1.165) is 0 Å². The number of aromatic hydroxyl groups is 1. The van der Waals surface area contributed by atoms with Gasteiger partial charge in [0.1, 0.15) is 11.5 Å². The highest BCUT2D eigenvalue weighted by Crippen LogP contribution is 2.26. The zero-order chi connectivity index (χ0) is 18.4. The Labute approximate surface area is 160 Å². The van der Waals surface area contributed by atoms with E-state index in [0.29, 0.717) is 34.0 Å². The van der Waals surface area contributed by atoms with Crippen LogP contribution >= 0.6 is 28.1 Å². The van der Waals surface area contributed by atoms with Crippen molar-refractivity contribution in [1.82, 2.24) is 5.32 Å². The Morgan fingerprint density at radius 3 is 2.64 bits per heavy atom. The highest BCUT2D eigenvalue weighted by molar-refractivity contribution is 9.10. The average molecular weight is 423 g/mol. The Hall–Kier alpha value is -2.12. The first kappa shape index (κ1) is 19.2. The van der Waals surface area contributed by atoms with E-state index in [1.54, 1.807) is 36.4 Å². The predicted octanol–water partition coefficient (Wildman–Crippen LogP) is 4.32. The Balaban J connectivity index is 1.99. The van der Waals surface area contributed by atoms with Gasteiger partial charge in [0, 0.05) is 5.56 Å². The molecule has 0 aliphatic carbocycles. The number of anilines is 1. The molecule has 2 aromatic rings. The fourth-order valence-corrected chi connectivity index (χ4v) is 2.62. The van der Waals surface area contributed by atoms with Crippen LogP contribution in [-0.4, -0.2) is 22.7 Å². The molecule has 0 unspecified atom stereocenters. The average Bonchev–Trinajstić information content (AvgIpc) is 2.55. The van der Waals surface area contributed by atoms with Gasteiger partial charge < -0.3 is 15.2 Å². The Kier molecular flexibility index (Phi) is 6.78. The highest BCUT2D eigenvalue weighted by atomic mass is 79.9. The molecule has 0 spiro atoms. The van der Waals surface area contributed by atoms with E-state index in [1.807, 2.05) is 0 Å². The van der Waals surface area contributed by atoms with Crippen molar-refractivity contribution >= 4 is 44.9 Å². The number of benzene rings is 2. The van der Waals surface area contributed by atoms with Gasteiger partial charge in [-0.15, -0.1) is 0 Å². The number of phenolic OH excluding ortho intramolecular Hbond substituents is 1. The Bertz CT molecular complexity index is 781. The van der Waals surface area contributed by atoms with Gasteiger partial charge in [-0.05, 0) is 64.4 Å². The molecule has 1 amide bonds. The summed E-state index contributed by atoms with van der Waals surface area (Å²) >= 11 is 8.52. The first-order chi connectivity index (χ1) is 11.9. The fraction of sp³-hybridized carbons (Fsp3) is 0.222. The molecule has 3 N–H and O–H groups in total. The van der Waals surface area contributed by atoms with Crippen molar-refractivity contribution in [3.8, 4) is 11.5 Å². The number of amides is 1. The number of ether oxygens (including phenoxy) is 1. The maximum atomic E-state index is 12.3. The van der Waals surface area contributed by atoms with Gasteiger partial charge in [0.15, 0.2) is 5.11 Å². The molecule has 0 saturated carbocycles. The number of para-hydroxylation sites is 2. The lowest BCUT2D eigenvalue weighted by molar-refractivity contribution is 0.0977. The maximum absolute atomic E-state index is 12.3. The number of halogens is 1. The van der Waals surface area contributed by atoms with E-state index in [4.69, 9.17) is 17.0 Å². The van der Waals surface area contributed by atoms with Gasteiger partial charge in [-0.2, -0.15) is 0 Å². The molecule has 2 aromatic carbocycles. The minimum Gasteiger partial charge on any atom is -0.506 e. The molecule has 0 aliphatic heterocycles. The van der Waals surface area contributed by atoms with Gasteiger partial charge in [-0.3, -0.25) is 10.1 Å². The minimum atomic E-state index is -0.357. The van der Waals surface area contributed by atoms with Crippen molar-refractivity contribution in [2.24, 2.45) is 5.92 Å². The van der Waals surface area contributed by atoms with E-state index in [2.05, 4.69) is 40.4 Å². The zero-order valence-corrected chi connectivity index (χ0v) is 16.3. The van der Waals surface area contributed by atoms with Crippen LogP contribution in [-0.2, 0) is 0 Å². The minimum absolute atomic E-state index is 0.0495. The van der Waals surface area contributed by atoms with Crippen LogP contribution < -0.4 is 15.4 Å². The Morgan fingerprint density at radius 1 is 1.28 bits per heavy atom. The monoisotopic (exact) mass is 422 g/mol. The van der Waals surface area contributed by atoms with E-state index in [9.17, 15) is 9.90 Å². The summed E-state index contributed by atoms with van der Waals surface area (Å²) in [6.07, 6.45) is 0. The predicted molar refractivity (Wildman–Crippen MR) is 106 cm³/mol. The topological polar surface area (TPSA) is 70.6 Å². The molecule has 132 valence electrons. The molecule has 25 heavy (non-hydrogen) atoms. The van der Waals surface area contributed by atoms with Crippen molar-refractivity contribution in [1.29, 1.82) is 0 Å². The van der Waals surface area contributed by atoms with Gasteiger partial charge in [0.25, 0.3) is 5.91 Å². The summed E-state index contributed by atoms with van der Waals surface area (Å²) in [6.45, 7) is 4.72. The molecule has 0 heterocycles. The number of carbonyl (C=O) groups excluding carboxylic acids is 1. The third kappa shape index (κ3) is 5.72. The standard InChI is InChI=1S/C18H19BrN2O3S/c1-11(2)10-24-16-8-7-12(9-13(16)19)17(23)21-18(25)20-14-5-3-4-6-15(14)22/h3-9,11,22H,10H2,1-2H3,(H2,20,21,23,25). The number of thiocarbonyl (C=S) groups is 1. The van der Waals surface area contributed by atoms with Gasteiger partial charge >= 0.3 is 0 Å². The van der Waals surface area contributed by atoms with E-state index < -0.39 is 0 Å². The number of rotatable bonds is 5. The van der Waals surface area contributed by atoms with Crippen molar-refractivity contribution in [2.75, 3.05) is 11.9 Å². The smallest absolute Gasteiger partial charge is 0.257 e. The van der Waals surface area contributed by atoms with Crippen molar-refractivity contribution in [3.05, 3.63) is 52.5 Å². The number of hydrogen-bond acceptors (Lipinski definition) is 4. The molecule has 0 fully saturated rings. The second kappa shape index (κ2) is 8.82. The number of hydrogen-bond donors (Lipinski definition) is 3. The second-order valence-electron chi connectivity index (χ2n) is 5.78. The van der Waals surface area contributed by atoms with E-state index >= 15 is 0 Å². The van der Waals surface area contributed by atoms with Gasteiger partial charge in [-0.25, -0.2) is 0 Å². The van der Waals surface area contributed by atoms with Gasteiger partial charge in [0.05, 0.1) is 16.8 Å². The number of phenols is 1. The van der Waals surface area contributed by atoms with Crippen molar-refractivity contribution < 1.29 is 14.6 Å². The van der Waals surface area contributed by atoms with Crippen LogP contribution in [0.1, 0.15) is 24.2 Å². The summed E-state index contributed by atoms with van der Waals surface area (Å²) in [5.74, 6) is 0.783. The molecule has 0 aromatic heterocycles. The third-order valence-electron chi connectivity index (χ3n) is 3.15. The molecular weight excluding hydrogens is 404 g/mol. The van der Waals surface area contributed by atoms with Gasteiger partial charge in [0.2, 0.25) is 0 Å². The summed E-state index contributed by atoms with van der Waals surface area (Å²) in [5.41, 5.74) is 0.858. The van der Waals surface area contributed by atoms with Crippen LogP contribution in [0.25, 0.3) is 0 Å². The summed E-state index contributed by atoms with van der Waals surface area (Å²) < 4.78 is 6.36. The molecule has 2 rings (SSSR count). The molecule has 0 radical (unpaired) electrons. The van der Waals surface area contributed by atoms with E-state index in [-0.39, 0.29) is 16.8 Å². The SMILES string of the molecule is CC(C)COc1ccc(C(=O)NC(=S)Nc2ccccc2O)cc1Br. The lowest BCUT2D eigenvalue weighted by Gasteiger charge is -2.13. The lowest BCUT2D eigenvalue weighted by Crippen LogP contribution is -2.34. The van der Waals surface area contributed by atoms with Gasteiger partial charge in [-0.1, -0.05) is 26.0 Å². The molecule has 0 bridgehead atoms. The first-order valence-electron chi connectivity index (χ1n) is 7.69. The molecule has 0 aliphatic rings. The van der Waals surface area contributed by atoms with Crippen LogP contribution in [0.4, 0.5) is 5.69 Å². The summed E-state index contributed by atoms with van der Waals surface area (Å²) in [7, 11) is 0. The van der Waals surface area contributed by atoms with Crippen LogP contribution in [0.2, 0.25) is 0 Å². The maximum Gasteiger partial charge on any atom is 0.257 e. The quantitative estimate of drug-likeness (QED) is 0.494. The highest BCUT2D eigenvalue weighted by Gasteiger charge is 2.12. The van der Waals surface area contributed by atoms with E-state index in [1.165, 1.54) is 6.07 Å². The summed E-state index contributed by atoms with van der Waals surface area (Å²) in [4.78, 5) is 12.3. The van der Waals surface area contributed by atoms with Crippen molar-refractivity contribution in [2.45, 2.75) is 13.8 Å². The van der Waals surface area contributed by atoms with Crippen LogP contribution in [0.15, 0.2) is 46.9 Å². The number of carbonyl (C=O) groups is 1. The fourth-order valence-electron chi connectivity index (χ4n) is 1.92. The molecule has 0 saturated heterocycles. The molecule has 0 atom stereocenters. The summed E-state index contributed by atoms with van der Waals surface area (Å²) in [6, 6.07) is 11.7. The Morgan fingerprint density at radius 2 is 2.00 bits per heavy atom. The molecular formula is C18H19BrN2O3S. The zero-order valence-electron chi connectivity index (χ0n) is 13.9. The van der Waals surface area contributed by atoms with Crippen molar-refractivity contribution in [3.63, 3.8) is 0 Å². The largest absolute Gasteiger partial charge is 0.506 e. The van der Waals surface area contributed by atoms with Crippen LogP contribution in [0, 0.1) is 5.92 Å². The lowest BCUT2D eigenvalue weighted by atomic mass is 10.2. The van der Waals surface area contributed by atoms with Crippen LogP contribution in [0.5, 0.6) is 11.5 Å². The summed E-state index contributed by atoms with van der Waals surface area (Å²) in [5, 5.41) is 15.2. The number of nitrogens with one attached hydrogen (secondary N) is 2. The third-order valence-corrected chi connectivity index (χ3v) is 3.97. The molecule has 5 nitrogen and oxygen atoms in total. The normalized spacial score (nSPS) is 10.4. The first-order valence-corrected chi connectivity index (χ1v) is 8.89. The second-order valence-corrected chi connectivity index (χ2v) is 7.04. The van der Waals surface area contributed by atoms with Crippen LogP contribution in [0.3, 0.4) is 0 Å².